The number of aliphatic hydroxyl groups is 1. The molecular formula is C17H17N3O. The van der Waals surface area contributed by atoms with Gasteiger partial charge >= 0.3 is 0 Å². The summed E-state index contributed by atoms with van der Waals surface area (Å²) in [6, 6.07) is 18.1. The van der Waals surface area contributed by atoms with Crippen LogP contribution in [0, 0.1) is 6.92 Å². The Labute approximate surface area is 123 Å². The van der Waals surface area contributed by atoms with E-state index in [1.807, 2.05) is 30.3 Å². The summed E-state index contributed by atoms with van der Waals surface area (Å²) in [6.07, 6.45) is 0. The maximum Gasteiger partial charge on any atom is 0.118 e. The van der Waals surface area contributed by atoms with Crippen LogP contribution in [0.4, 0.5) is 0 Å². The minimum atomic E-state index is -0.113. The summed E-state index contributed by atoms with van der Waals surface area (Å²) >= 11 is 0. The minimum absolute atomic E-state index is 0.113. The van der Waals surface area contributed by atoms with E-state index in [1.165, 1.54) is 5.56 Å². The molecule has 0 saturated carbocycles. The second-order valence-electron chi connectivity index (χ2n) is 5.04. The number of hydrogen-bond acceptors (Lipinski definition) is 3. The van der Waals surface area contributed by atoms with E-state index >= 15 is 0 Å². The van der Waals surface area contributed by atoms with E-state index in [0.717, 1.165) is 16.8 Å². The topological polar surface area (TPSA) is 50.9 Å². The predicted octanol–water partition coefficient (Wildman–Crippen LogP) is 2.79. The van der Waals surface area contributed by atoms with Gasteiger partial charge in [-0.1, -0.05) is 60.2 Å². The fourth-order valence-corrected chi connectivity index (χ4v) is 2.24. The van der Waals surface area contributed by atoms with Crippen molar-refractivity contribution in [2.45, 2.75) is 20.1 Å². The van der Waals surface area contributed by atoms with Gasteiger partial charge in [0, 0.05) is 5.56 Å². The van der Waals surface area contributed by atoms with Crippen molar-refractivity contribution in [3.8, 4) is 11.3 Å². The first-order valence-electron chi connectivity index (χ1n) is 6.92. The average Bonchev–Trinajstić information content (AvgIpc) is 2.93. The summed E-state index contributed by atoms with van der Waals surface area (Å²) in [5, 5.41) is 18.4. The Morgan fingerprint density at radius 3 is 2.33 bits per heavy atom. The van der Waals surface area contributed by atoms with Crippen LogP contribution in [0.5, 0.6) is 0 Å². The second-order valence-corrected chi connectivity index (χ2v) is 5.04. The van der Waals surface area contributed by atoms with Gasteiger partial charge in [-0.2, -0.15) is 15.0 Å². The van der Waals surface area contributed by atoms with Gasteiger partial charge in [0.2, 0.25) is 0 Å². The molecule has 4 nitrogen and oxygen atoms in total. The van der Waals surface area contributed by atoms with Crippen molar-refractivity contribution < 1.29 is 5.11 Å². The van der Waals surface area contributed by atoms with Gasteiger partial charge in [0.05, 0.1) is 13.2 Å². The first-order chi connectivity index (χ1) is 10.3. The zero-order chi connectivity index (χ0) is 14.7. The molecule has 0 radical (unpaired) electrons. The number of aliphatic hydroxyl groups excluding tert-OH is 1. The van der Waals surface area contributed by atoms with E-state index in [2.05, 4.69) is 41.4 Å². The van der Waals surface area contributed by atoms with E-state index in [0.29, 0.717) is 12.2 Å². The normalized spacial score (nSPS) is 10.8. The molecule has 1 N–H and O–H groups in total. The molecule has 0 spiro atoms. The highest BCUT2D eigenvalue weighted by Crippen LogP contribution is 2.20. The molecule has 21 heavy (non-hydrogen) atoms. The average molecular weight is 279 g/mol. The third-order valence-electron chi connectivity index (χ3n) is 3.37. The SMILES string of the molecule is Cc1ccc(Cn2nc(CO)c(-c3ccccc3)n2)cc1. The van der Waals surface area contributed by atoms with Crippen LogP contribution < -0.4 is 0 Å². The van der Waals surface area contributed by atoms with Crippen molar-refractivity contribution >= 4 is 0 Å². The van der Waals surface area contributed by atoms with Crippen molar-refractivity contribution in [3.05, 3.63) is 71.4 Å². The molecule has 3 rings (SSSR count). The molecule has 0 aliphatic heterocycles. The van der Waals surface area contributed by atoms with Crippen LogP contribution in [0.3, 0.4) is 0 Å². The fraction of sp³-hybridized carbons (Fsp3) is 0.176. The Kier molecular flexibility index (Phi) is 3.79. The van der Waals surface area contributed by atoms with E-state index in [1.54, 1.807) is 4.80 Å². The summed E-state index contributed by atoms with van der Waals surface area (Å²) in [5.41, 5.74) is 4.68. The summed E-state index contributed by atoms with van der Waals surface area (Å²) in [4.78, 5) is 1.64. The van der Waals surface area contributed by atoms with Gasteiger partial charge in [-0.05, 0) is 12.5 Å². The predicted molar refractivity (Wildman–Crippen MR) is 81.7 cm³/mol. The van der Waals surface area contributed by atoms with E-state index in [-0.39, 0.29) is 6.61 Å². The molecule has 0 aliphatic carbocycles. The maximum atomic E-state index is 9.48. The highest BCUT2D eigenvalue weighted by molar-refractivity contribution is 5.60. The third-order valence-corrected chi connectivity index (χ3v) is 3.37. The Morgan fingerprint density at radius 2 is 1.67 bits per heavy atom. The zero-order valence-corrected chi connectivity index (χ0v) is 11.9. The van der Waals surface area contributed by atoms with Crippen LogP contribution in [-0.2, 0) is 13.2 Å². The van der Waals surface area contributed by atoms with Crippen LogP contribution in [0.25, 0.3) is 11.3 Å². The number of nitrogens with zero attached hydrogens (tertiary/aromatic N) is 3. The molecule has 0 amide bonds. The van der Waals surface area contributed by atoms with Crippen LogP contribution >= 0.6 is 0 Å². The quantitative estimate of drug-likeness (QED) is 0.799. The van der Waals surface area contributed by atoms with Crippen LogP contribution in [0.15, 0.2) is 54.6 Å². The lowest BCUT2D eigenvalue weighted by atomic mass is 10.1. The fourth-order valence-electron chi connectivity index (χ4n) is 2.24. The van der Waals surface area contributed by atoms with E-state index < -0.39 is 0 Å². The van der Waals surface area contributed by atoms with Gasteiger partial charge in [0.15, 0.2) is 0 Å². The molecule has 3 aromatic rings. The first kappa shape index (κ1) is 13.5. The highest BCUT2D eigenvalue weighted by Gasteiger charge is 2.12. The number of aryl methyl sites for hydroxylation is 1. The molecule has 0 fully saturated rings. The molecule has 106 valence electrons. The Hall–Kier alpha value is -2.46. The lowest BCUT2D eigenvalue weighted by Crippen LogP contribution is -2.04. The summed E-state index contributed by atoms with van der Waals surface area (Å²) in [7, 11) is 0. The molecule has 1 heterocycles. The number of benzene rings is 2. The Morgan fingerprint density at radius 1 is 0.952 bits per heavy atom. The molecule has 1 aromatic heterocycles. The first-order valence-corrected chi connectivity index (χ1v) is 6.92. The van der Waals surface area contributed by atoms with Crippen molar-refractivity contribution in [1.82, 2.24) is 15.0 Å². The van der Waals surface area contributed by atoms with E-state index in [9.17, 15) is 5.11 Å². The highest BCUT2D eigenvalue weighted by atomic mass is 16.3. The Balaban J connectivity index is 1.91. The number of aromatic nitrogens is 3. The van der Waals surface area contributed by atoms with Crippen LogP contribution in [0.2, 0.25) is 0 Å². The van der Waals surface area contributed by atoms with Gasteiger partial charge in [0.25, 0.3) is 0 Å². The Bertz CT molecular complexity index is 718. The molecule has 0 bridgehead atoms. The third kappa shape index (κ3) is 3.01. The largest absolute Gasteiger partial charge is 0.390 e. The molecular weight excluding hydrogens is 262 g/mol. The molecule has 2 aromatic carbocycles. The van der Waals surface area contributed by atoms with Gasteiger partial charge in [-0.15, -0.1) is 0 Å². The molecule has 0 saturated heterocycles. The molecule has 0 aliphatic rings. The monoisotopic (exact) mass is 279 g/mol. The number of hydrogen-bond donors (Lipinski definition) is 1. The summed E-state index contributed by atoms with van der Waals surface area (Å²) < 4.78 is 0. The lowest BCUT2D eigenvalue weighted by Gasteiger charge is -2.01. The number of rotatable bonds is 4. The van der Waals surface area contributed by atoms with Gasteiger partial charge in [0.1, 0.15) is 11.4 Å². The van der Waals surface area contributed by atoms with Crippen molar-refractivity contribution in [2.75, 3.05) is 0 Å². The van der Waals surface area contributed by atoms with Crippen molar-refractivity contribution in [1.29, 1.82) is 0 Å². The summed E-state index contributed by atoms with van der Waals surface area (Å²) in [5.74, 6) is 0. The van der Waals surface area contributed by atoms with Crippen molar-refractivity contribution in [2.24, 2.45) is 0 Å². The maximum absolute atomic E-state index is 9.48. The van der Waals surface area contributed by atoms with Gasteiger partial charge in [-0.3, -0.25) is 0 Å². The van der Waals surface area contributed by atoms with Crippen molar-refractivity contribution in [3.63, 3.8) is 0 Å². The summed E-state index contributed by atoms with van der Waals surface area (Å²) in [6.45, 7) is 2.55. The minimum Gasteiger partial charge on any atom is -0.390 e. The molecule has 0 atom stereocenters. The van der Waals surface area contributed by atoms with E-state index in [4.69, 9.17) is 0 Å². The standard InChI is InChI=1S/C17H17N3O/c1-13-7-9-14(10-8-13)11-20-18-16(12-21)17(19-20)15-5-3-2-4-6-15/h2-10,21H,11-12H2,1H3. The van der Waals surface area contributed by atoms with Gasteiger partial charge < -0.3 is 5.11 Å². The molecule has 4 heteroatoms. The van der Waals surface area contributed by atoms with Crippen LogP contribution in [0.1, 0.15) is 16.8 Å². The van der Waals surface area contributed by atoms with Gasteiger partial charge in [-0.25, -0.2) is 0 Å². The molecule has 0 unspecified atom stereocenters. The lowest BCUT2D eigenvalue weighted by molar-refractivity contribution is 0.276. The smallest absolute Gasteiger partial charge is 0.118 e. The zero-order valence-electron chi connectivity index (χ0n) is 11.9. The second kappa shape index (κ2) is 5.89. The van der Waals surface area contributed by atoms with Crippen LogP contribution in [-0.4, -0.2) is 20.1 Å².